The highest BCUT2D eigenvalue weighted by molar-refractivity contribution is 5.12. The van der Waals surface area contributed by atoms with Crippen molar-refractivity contribution in [1.29, 1.82) is 0 Å². The first kappa shape index (κ1) is 8.60. The summed E-state index contributed by atoms with van der Waals surface area (Å²) in [5.74, 6) is 0. The second-order valence-corrected chi connectivity index (χ2v) is 4.13. The molecule has 1 heterocycles. The molecule has 2 rings (SSSR count). The van der Waals surface area contributed by atoms with Gasteiger partial charge in [0.05, 0.1) is 11.9 Å². The number of hydrogen-bond donors (Lipinski definition) is 0. The Labute approximate surface area is 78.6 Å². The van der Waals surface area contributed by atoms with E-state index in [1.165, 1.54) is 32.1 Å². The predicted molar refractivity (Wildman–Crippen MR) is 50.3 cm³/mol. The van der Waals surface area contributed by atoms with Crippen LogP contribution in [0.15, 0.2) is 12.3 Å². The van der Waals surface area contributed by atoms with Crippen LogP contribution in [0.1, 0.15) is 44.7 Å². The van der Waals surface area contributed by atoms with Gasteiger partial charge in [0.25, 0.3) is 0 Å². The molecule has 13 heavy (non-hydrogen) atoms. The highest BCUT2D eigenvalue weighted by Crippen LogP contribution is 2.37. The maximum absolute atomic E-state index is 4.11. The van der Waals surface area contributed by atoms with Crippen LogP contribution < -0.4 is 0 Å². The zero-order chi connectivity index (χ0) is 9.15. The van der Waals surface area contributed by atoms with Crippen LogP contribution in [0.3, 0.4) is 0 Å². The summed E-state index contributed by atoms with van der Waals surface area (Å²) in [6, 6.07) is 2.00. The summed E-state index contributed by atoms with van der Waals surface area (Å²) >= 11 is 0. The van der Waals surface area contributed by atoms with Gasteiger partial charge in [-0.25, -0.2) is 0 Å². The van der Waals surface area contributed by atoms with Gasteiger partial charge in [-0.3, -0.25) is 0 Å². The summed E-state index contributed by atoms with van der Waals surface area (Å²) in [5, 5.41) is 11.5. The largest absolute Gasteiger partial charge is 0.139 e. The monoisotopic (exact) mass is 177 g/mol. The molecule has 1 aromatic rings. The van der Waals surface area contributed by atoms with Gasteiger partial charge in [-0.2, -0.15) is 0 Å². The minimum absolute atomic E-state index is 0.258. The van der Waals surface area contributed by atoms with E-state index >= 15 is 0 Å². The first-order chi connectivity index (χ1) is 6.31. The summed E-state index contributed by atoms with van der Waals surface area (Å²) in [6.07, 6.45) is 8.23. The lowest BCUT2D eigenvalue weighted by atomic mass is 9.73. The standard InChI is InChI=1S/C10H15N3/c1-10(6-3-2-4-7-10)9-5-8-11-13-12-9/h5,8H,2-4,6-7H2,1H3. The van der Waals surface area contributed by atoms with Crippen molar-refractivity contribution in [3.63, 3.8) is 0 Å². The third-order valence-corrected chi connectivity index (χ3v) is 3.08. The van der Waals surface area contributed by atoms with Crippen LogP contribution in [0.5, 0.6) is 0 Å². The van der Waals surface area contributed by atoms with Crippen LogP contribution in [-0.4, -0.2) is 15.4 Å². The van der Waals surface area contributed by atoms with Gasteiger partial charge in [0, 0.05) is 5.41 Å². The van der Waals surface area contributed by atoms with Crippen molar-refractivity contribution in [2.75, 3.05) is 0 Å². The Morgan fingerprint density at radius 2 is 2.00 bits per heavy atom. The third kappa shape index (κ3) is 1.69. The van der Waals surface area contributed by atoms with E-state index in [0.29, 0.717) is 0 Å². The van der Waals surface area contributed by atoms with Gasteiger partial charge in [0.2, 0.25) is 0 Å². The Balaban J connectivity index is 2.23. The second kappa shape index (κ2) is 3.40. The molecule has 3 heteroatoms. The fraction of sp³-hybridized carbons (Fsp3) is 0.700. The quantitative estimate of drug-likeness (QED) is 0.659. The van der Waals surface area contributed by atoms with E-state index in [2.05, 4.69) is 22.3 Å². The fourth-order valence-electron chi connectivity index (χ4n) is 2.15. The number of aromatic nitrogens is 3. The molecule has 1 aliphatic carbocycles. The molecule has 0 aliphatic heterocycles. The topological polar surface area (TPSA) is 38.7 Å². The smallest absolute Gasteiger partial charge is 0.0723 e. The van der Waals surface area contributed by atoms with Crippen molar-refractivity contribution in [2.45, 2.75) is 44.4 Å². The van der Waals surface area contributed by atoms with Crippen LogP contribution >= 0.6 is 0 Å². The van der Waals surface area contributed by atoms with E-state index in [-0.39, 0.29) is 5.41 Å². The van der Waals surface area contributed by atoms with Crippen LogP contribution in [-0.2, 0) is 5.41 Å². The van der Waals surface area contributed by atoms with Crippen molar-refractivity contribution in [1.82, 2.24) is 15.4 Å². The van der Waals surface area contributed by atoms with Crippen molar-refractivity contribution < 1.29 is 0 Å². The van der Waals surface area contributed by atoms with Gasteiger partial charge in [-0.1, -0.05) is 26.2 Å². The molecule has 1 fully saturated rings. The zero-order valence-electron chi connectivity index (χ0n) is 8.03. The number of hydrogen-bond acceptors (Lipinski definition) is 3. The summed E-state index contributed by atoms with van der Waals surface area (Å²) in [5.41, 5.74) is 1.37. The Kier molecular flexibility index (Phi) is 2.25. The molecule has 70 valence electrons. The van der Waals surface area contributed by atoms with Crippen LogP contribution in [0, 0.1) is 0 Å². The summed E-state index contributed by atoms with van der Waals surface area (Å²) in [7, 11) is 0. The predicted octanol–water partition coefficient (Wildman–Crippen LogP) is 2.09. The van der Waals surface area contributed by atoms with E-state index < -0.39 is 0 Å². The second-order valence-electron chi connectivity index (χ2n) is 4.13. The first-order valence-corrected chi connectivity index (χ1v) is 4.96. The molecule has 0 saturated heterocycles. The van der Waals surface area contributed by atoms with Crippen LogP contribution in [0.2, 0.25) is 0 Å². The molecule has 1 saturated carbocycles. The molecule has 0 unspecified atom stereocenters. The van der Waals surface area contributed by atoms with Gasteiger partial charge in [-0.05, 0) is 24.1 Å². The van der Waals surface area contributed by atoms with E-state index in [0.717, 1.165) is 5.69 Å². The Morgan fingerprint density at radius 3 is 2.62 bits per heavy atom. The fourth-order valence-corrected chi connectivity index (χ4v) is 2.15. The number of nitrogens with zero attached hydrogens (tertiary/aromatic N) is 3. The summed E-state index contributed by atoms with van der Waals surface area (Å²) in [6.45, 7) is 2.29. The highest BCUT2D eigenvalue weighted by Gasteiger charge is 2.30. The Hall–Kier alpha value is -0.990. The molecular weight excluding hydrogens is 162 g/mol. The molecular formula is C10H15N3. The molecule has 1 aliphatic rings. The lowest BCUT2D eigenvalue weighted by Gasteiger charge is -2.32. The van der Waals surface area contributed by atoms with Gasteiger partial charge in [0.1, 0.15) is 0 Å². The number of rotatable bonds is 1. The minimum Gasteiger partial charge on any atom is -0.139 e. The zero-order valence-corrected chi connectivity index (χ0v) is 8.03. The minimum atomic E-state index is 0.258. The van der Waals surface area contributed by atoms with E-state index in [1.54, 1.807) is 6.20 Å². The molecule has 0 spiro atoms. The average Bonchev–Trinajstić information content (AvgIpc) is 2.20. The van der Waals surface area contributed by atoms with E-state index in [1.807, 2.05) is 6.07 Å². The normalized spacial score (nSPS) is 21.3. The molecule has 3 nitrogen and oxygen atoms in total. The third-order valence-electron chi connectivity index (χ3n) is 3.08. The van der Waals surface area contributed by atoms with Crippen molar-refractivity contribution in [2.24, 2.45) is 0 Å². The summed E-state index contributed by atoms with van der Waals surface area (Å²) in [4.78, 5) is 0. The highest BCUT2D eigenvalue weighted by atomic mass is 15.3. The van der Waals surface area contributed by atoms with Gasteiger partial charge in [-0.15, -0.1) is 10.2 Å². The van der Waals surface area contributed by atoms with Crippen molar-refractivity contribution in [3.05, 3.63) is 18.0 Å². The average molecular weight is 177 g/mol. The van der Waals surface area contributed by atoms with Crippen LogP contribution in [0.25, 0.3) is 0 Å². The Bertz CT molecular complexity index is 265. The molecule has 0 N–H and O–H groups in total. The van der Waals surface area contributed by atoms with E-state index in [4.69, 9.17) is 0 Å². The molecule has 0 radical (unpaired) electrons. The molecule has 0 atom stereocenters. The van der Waals surface area contributed by atoms with Crippen molar-refractivity contribution in [3.8, 4) is 0 Å². The maximum atomic E-state index is 4.11. The first-order valence-electron chi connectivity index (χ1n) is 4.96. The Morgan fingerprint density at radius 1 is 1.23 bits per heavy atom. The molecule has 0 bridgehead atoms. The molecule has 1 aromatic heterocycles. The molecule has 0 amide bonds. The summed E-state index contributed by atoms with van der Waals surface area (Å²) < 4.78 is 0. The SMILES string of the molecule is CC1(c2ccnnn2)CCCCC1. The van der Waals surface area contributed by atoms with Gasteiger partial charge < -0.3 is 0 Å². The molecule has 0 aromatic carbocycles. The van der Waals surface area contributed by atoms with E-state index in [9.17, 15) is 0 Å². The van der Waals surface area contributed by atoms with Gasteiger partial charge in [0.15, 0.2) is 0 Å². The lowest BCUT2D eigenvalue weighted by Crippen LogP contribution is -2.26. The maximum Gasteiger partial charge on any atom is 0.0723 e. The van der Waals surface area contributed by atoms with Crippen molar-refractivity contribution >= 4 is 0 Å². The lowest BCUT2D eigenvalue weighted by molar-refractivity contribution is 0.308. The van der Waals surface area contributed by atoms with Gasteiger partial charge >= 0.3 is 0 Å². The van der Waals surface area contributed by atoms with Crippen LogP contribution in [0.4, 0.5) is 0 Å².